The van der Waals surface area contributed by atoms with E-state index < -0.39 is 11.2 Å². The van der Waals surface area contributed by atoms with Crippen molar-refractivity contribution in [2.45, 2.75) is 18.9 Å². The van der Waals surface area contributed by atoms with E-state index in [9.17, 15) is 9.18 Å². The van der Waals surface area contributed by atoms with Gasteiger partial charge in [0.2, 0.25) is 0 Å². The second-order valence-electron chi connectivity index (χ2n) is 2.99. The Bertz CT molecular complexity index is 352. The highest BCUT2D eigenvalue weighted by atomic mass is 35.5. The summed E-state index contributed by atoms with van der Waals surface area (Å²) >= 11 is 5.69. The topological polar surface area (TPSA) is 37.3 Å². The second kappa shape index (κ2) is 4.53. The third-order valence-electron chi connectivity index (χ3n) is 1.88. The van der Waals surface area contributed by atoms with Crippen LogP contribution in [0, 0.1) is 5.82 Å². The Hall–Kier alpha value is -0.930. The number of aliphatic hydroxyl groups excluding tert-OH is 1. The third kappa shape index (κ3) is 2.30. The van der Waals surface area contributed by atoms with Crippen LogP contribution in [0.25, 0.3) is 0 Å². The molecule has 0 fully saturated rings. The maximum absolute atomic E-state index is 13.3. The smallest absolute Gasteiger partial charge is 0.152 e. The summed E-state index contributed by atoms with van der Waals surface area (Å²) in [6.45, 7) is 1.07. The molecular weight excluding hydrogens is 207 g/mol. The molecule has 1 atom stereocenters. The van der Waals surface area contributed by atoms with Crippen LogP contribution in [-0.2, 0) is 11.4 Å². The highest BCUT2D eigenvalue weighted by molar-refractivity contribution is 6.30. The van der Waals surface area contributed by atoms with E-state index in [2.05, 4.69) is 0 Å². The molecule has 0 saturated carbocycles. The van der Waals surface area contributed by atoms with Crippen molar-refractivity contribution < 1.29 is 14.3 Å². The van der Waals surface area contributed by atoms with Crippen LogP contribution in [0.2, 0.25) is 0 Å². The molecule has 1 aromatic rings. The minimum Gasteiger partial charge on any atom is -0.392 e. The summed E-state index contributed by atoms with van der Waals surface area (Å²) in [5.41, 5.74) is 0.607. The summed E-state index contributed by atoms with van der Waals surface area (Å²) in [6.07, 6.45) is 0. The molecule has 0 aliphatic carbocycles. The molecule has 1 N–H and O–H groups in total. The molecule has 0 aliphatic rings. The lowest BCUT2D eigenvalue weighted by atomic mass is 10.1. The van der Waals surface area contributed by atoms with Crippen molar-refractivity contribution >= 4 is 17.4 Å². The van der Waals surface area contributed by atoms with Crippen molar-refractivity contribution in [3.05, 3.63) is 35.1 Å². The standard InChI is InChI=1S/C10H10ClFO2/c1-6(14)10(11)8-3-2-7(5-13)4-9(8)12/h2-4,10,13H,5H2,1H3. The summed E-state index contributed by atoms with van der Waals surface area (Å²) in [5, 5.41) is 7.78. The van der Waals surface area contributed by atoms with Crippen LogP contribution in [0.4, 0.5) is 4.39 Å². The van der Waals surface area contributed by atoms with Gasteiger partial charge in [-0.3, -0.25) is 4.79 Å². The largest absolute Gasteiger partial charge is 0.392 e. The summed E-state index contributed by atoms with van der Waals surface area (Å²) in [5.74, 6) is -0.867. The molecule has 1 unspecified atom stereocenters. The van der Waals surface area contributed by atoms with Crippen molar-refractivity contribution in [3.63, 3.8) is 0 Å². The molecule has 0 heterocycles. The van der Waals surface area contributed by atoms with E-state index in [1.807, 2.05) is 0 Å². The first-order chi connectivity index (χ1) is 6.56. The lowest BCUT2D eigenvalue weighted by Crippen LogP contribution is -2.04. The van der Waals surface area contributed by atoms with Gasteiger partial charge in [-0.25, -0.2) is 4.39 Å². The van der Waals surface area contributed by atoms with Gasteiger partial charge in [0, 0.05) is 5.56 Å². The lowest BCUT2D eigenvalue weighted by molar-refractivity contribution is -0.116. The first-order valence-electron chi connectivity index (χ1n) is 4.10. The molecule has 0 radical (unpaired) electrons. The molecule has 0 amide bonds. The summed E-state index contributed by atoms with van der Waals surface area (Å²) < 4.78 is 13.3. The first-order valence-corrected chi connectivity index (χ1v) is 4.53. The molecule has 4 heteroatoms. The van der Waals surface area contributed by atoms with E-state index in [4.69, 9.17) is 16.7 Å². The van der Waals surface area contributed by atoms with Gasteiger partial charge >= 0.3 is 0 Å². The summed E-state index contributed by atoms with van der Waals surface area (Å²) in [4.78, 5) is 10.9. The zero-order valence-electron chi connectivity index (χ0n) is 7.63. The molecular formula is C10H10ClFO2. The van der Waals surface area contributed by atoms with E-state index in [1.165, 1.54) is 25.1 Å². The van der Waals surface area contributed by atoms with Crippen molar-refractivity contribution in [2.24, 2.45) is 0 Å². The Morgan fingerprint density at radius 1 is 1.64 bits per heavy atom. The molecule has 1 aromatic carbocycles. The molecule has 2 nitrogen and oxygen atoms in total. The first kappa shape index (κ1) is 11.1. The minimum atomic E-state index is -0.956. The summed E-state index contributed by atoms with van der Waals surface area (Å²) in [6, 6.07) is 4.13. The van der Waals surface area contributed by atoms with Gasteiger partial charge in [0.05, 0.1) is 6.61 Å². The van der Waals surface area contributed by atoms with Gasteiger partial charge in [-0.15, -0.1) is 11.6 Å². The quantitative estimate of drug-likeness (QED) is 0.787. The van der Waals surface area contributed by atoms with Crippen molar-refractivity contribution in [1.82, 2.24) is 0 Å². The maximum Gasteiger partial charge on any atom is 0.152 e. The number of hydrogen-bond donors (Lipinski definition) is 1. The highest BCUT2D eigenvalue weighted by Crippen LogP contribution is 2.24. The number of aliphatic hydroxyl groups is 1. The molecule has 76 valence electrons. The Labute approximate surface area is 86.3 Å². The average Bonchev–Trinajstić information content (AvgIpc) is 2.16. The molecule has 0 spiro atoms. The van der Waals surface area contributed by atoms with Crippen molar-refractivity contribution in [2.75, 3.05) is 0 Å². The maximum atomic E-state index is 13.3. The van der Waals surface area contributed by atoms with Crippen LogP contribution in [0.3, 0.4) is 0 Å². The molecule has 0 aliphatic heterocycles. The van der Waals surface area contributed by atoms with Crippen LogP contribution in [-0.4, -0.2) is 10.9 Å². The Morgan fingerprint density at radius 2 is 2.29 bits per heavy atom. The number of benzene rings is 1. The molecule has 1 rings (SSSR count). The number of Topliss-reactive ketones (excluding diaryl/α,β-unsaturated/α-hetero) is 1. The third-order valence-corrected chi connectivity index (χ3v) is 2.42. The van der Waals surface area contributed by atoms with Gasteiger partial charge in [-0.2, -0.15) is 0 Å². The normalized spacial score (nSPS) is 12.6. The number of hydrogen-bond acceptors (Lipinski definition) is 2. The van der Waals surface area contributed by atoms with E-state index in [0.717, 1.165) is 0 Å². The Balaban J connectivity index is 3.05. The minimum absolute atomic E-state index is 0.149. The number of carbonyl (C=O) groups is 1. The SMILES string of the molecule is CC(=O)C(Cl)c1ccc(CO)cc1F. The van der Waals surface area contributed by atoms with Gasteiger partial charge in [0.15, 0.2) is 5.78 Å². The number of halogens is 2. The highest BCUT2D eigenvalue weighted by Gasteiger charge is 2.17. The molecule has 14 heavy (non-hydrogen) atoms. The Morgan fingerprint density at radius 3 is 2.71 bits per heavy atom. The molecule has 0 saturated heterocycles. The van der Waals surface area contributed by atoms with Crippen molar-refractivity contribution in [1.29, 1.82) is 0 Å². The average molecular weight is 217 g/mol. The fourth-order valence-electron chi connectivity index (χ4n) is 1.09. The molecule has 0 aromatic heterocycles. The van der Waals surface area contributed by atoms with Gasteiger partial charge in [0.1, 0.15) is 11.2 Å². The predicted molar refractivity (Wildman–Crippen MR) is 51.6 cm³/mol. The van der Waals surface area contributed by atoms with Gasteiger partial charge in [0.25, 0.3) is 0 Å². The number of rotatable bonds is 3. The van der Waals surface area contributed by atoms with Crippen LogP contribution in [0.5, 0.6) is 0 Å². The fraction of sp³-hybridized carbons (Fsp3) is 0.300. The van der Waals surface area contributed by atoms with Crippen LogP contribution in [0.1, 0.15) is 23.4 Å². The van der Waals surface area contributed by atoms with Crippen LogP contribution in [0.15, 0.2) is 18.2 Å². The monoisotopic (exact) mass is 216 g/mol. The van der Waals surface area contributed by atoms with E-state index in [-0.39, 0.29) is 18.0 Å². The zero-order chi connectivity index (χ0) is 10.7. The number of carbonyl (C=O) groups excluding carboxylic acids is 1. The van der Waals surface area contributed by atoms with E-state index >= 15 is 0 Å². The number of ketones is 1. The summed E-state index contributed by atoms with van der Waals surface area (Å²) in [7, 11) is 0. The van der Waals surface area contributed by atoms with Crippen LogP contribution >= 0.6 is 11.6 Å². The van der Waals surface area contributed by atoms with Gasteiger partial charge in [-0.1, -0.05) is 12.1 Å². The lowest BCUT2D eigenvalue weighted by Gasteiger charge is -2.08. The van der Waals surface area contributed by atoms with Crippen LogP contribution < -0.4 is 0 Å². The Kier molecular flexibility index (Phi) is 3.61. The van der Waals surface area contributed by atoms with Crippen molar-refractivity contribution in [3.8, 4) is 0 Å². The van der Waals surface area contributed by atoms with E-state index in [1.54, 1.807) is 0 Å². The number of alkyl halides is 1. The predicted octanol–water partition coefficient (Wildman–Crippen LogP) is 2.19. The van der Waals surface area contributed by atoms with Gasteiger partial charge < -0.3 is 5.11 Å². The van der Waals surface area contributed by atoms with Gasteiger partial charge in [-0.05, 0) is 18.6 Å². The fourth-order valence-corrected chi connectivity index (χ4v) is 1.27. The zero-order valence-corrected chi connectivity index (χ0v) is 8.38. The van der Waals surface area contributed by atoms with E-state index in [0.29, 0.717) is 5.56 Å². The molecule has 0 bridgehead atoms. The second-order valence-corrected chi connectivity index (χ2v) is 3.42.